The monoisotopic (exact) mass is 765 g/mol. The van der Waals surface area contributed by atoms with Crippen molar-refractivity contribution in [2.75, 3.05) is 22.2 Å². The molecule has 6 rings (SSSR count). The van der Waals surface area contributed by atoms with Crippen molar-refractivity contribution in [2.24, 2.45) is 0 Å². The maximum atomic E-state index is 12.2. The number of carbonyl (C=O) groups is 1. The molecule has 36 heavy (non-hydrogen) atoms. The fourth-order valence-electron chi connectivity index (χ4n) is 4.92. The molecular formula is C30H23AuIN3O. The average Bonchev–Trinajstić information content (AvgIpc) is 3.25. The molecule has 0 aromatic heterocycles. The van der Waals surface area contributed by atoms with E-state index < -0.39 is 0 Å². The number of benzene rings is 5. The standard InChI is InChI=1S/C30H23N3O.Au.HI/c1-20(34)31-25-17-15-21-9-3-5-11-23(21)29(25)30-24-12-6-4-10-22(24)16-18-28(30)33-19-32(2)26-13-7-8-14-27(26)33;;/h3-18H,1-2H3,(H,31,34);;1H/q;+1;/p-1. The number of hydrogen-bond donors (Lipinski definition) is 1. The van der Waals surface area contributed by atoms with Crippen molar-refractivity contribution in [3.8, 4) is 11.1 Å². The number of para-hydroxylation sites is 2. The summed E-state index contributed by atoms with van der Waals surface area (Å²) in [7, 11) is 2.01. The molecule has 2 radical (unpaired) electrons. The van der Waals surface area contributed by atoms with Crippen molar-refractivity contribution in [2.45, 2.75) is 6.92 Å². The Hall–Kier alpha value is -2.84. The quantitative estimate of drug-likeness (QED) is 0.149. The molecule has 5 aromatic rings. The molecule has 0 fully saturated rings. The first kappa shape index (κ1) is 24.8. The Morgan fingerprint density at radius 2 is 1.28 bits per heavy atom. The third kappa shape index (κ3) is 4.41. The molecule has 0 saturated heterocycles. The van der Waals surface area contributed by atoms with Crippen LogP contribution in [0.2, 0.25) is 0 Å². The van der Waals surface area contributed by atoms with Gasteiger partial charge in [0.15, 0.2) is 0 Å². The Morgan fingerprint density at radius 3 is 1.94 bits per heavy atom. The topological polar surface area (TPSA) is 35.6 Å². The van der Waals surface area contributed by atoms with E-state index in [-0.39, 0.29) is 5.91 Å². The minimum absolute atomic E-state index is 0.0947. The summed E-state index contributed by atoms with van der Waals surface area (Å²) >= 11 is 4.34. The molecule has 182 valence electrons. The second-order valence-corrected chi connectivity index (χ2v) is 8.55. The summed E-state index contributed by atoms with van der Waals surface area (Å²) in [5, 5.41) is 7.56. The van der Waals surface area contributed by atoms with Crippen molar-refractivity contribution in [3.63, 3.8) is 0 Å². The van der Waals surface area contributed by atoms with Crippen LogP contribution in [0, 0.1) is 6.67 Å². The normalized spacial score (nSPS) is 12.4. The van der Waals surface area contributed by atoms with E-state index >= 15 is 0 Å². The van der Waals surface area contributed by atoms with Crippen LogP contribution >= 0.6 is 19.0 Å². The summed E-state index contributed by atoms with van der Waals surface area (Å²) in [6.07, 6.45) is 0. The number of nitrogens with one attached hydrogen (secondary N) is 1. The van der Waals surface area contributed by atoms with Crippen molar-refractivity contribution in [1.29, 1.82) is 0 Å². The first-order chi connectivity index (χ1) is 17.6. The molecule has 0 unspecified atom stereocenters. The first-order valence-electron chi connectivity index (χ1n) is 11.4. The second-order valence-electron chi connectivity index (χ2n) is 8.55. The summed E-state index contributed by atoms with van der Waals surface area (Å²) in [6, 6.07) is 33.4. The van der Waals surface area contributed by atoms with Gasteiger partial charge in [0.2, 0.25) is 12.6 Å². The number of nitrogens with zero attached hydrogens (tertiary/aromatic N) is 2. The van der Waals surface area contributed by atoms with Crippen LogP contribution in [0.1, 0.15) is 6.92 Å². The zero-order valence-electron chi connectivity index (χ0n) is 19.7. The summed E-state index contributed by atoms with van der Waals surface area (Å²) in [5.41, 5.74) is 6.05. The molecule has 1 amide bonds. The molecule has 0 spiro atoms. The van der Waals surface area contributed by atoms with E-state index in [4.69, 9.17) is 0 Å². The average molecular weight is 765 g/mol. The molecule has 0 bridgehead atoms. The van der Waals surface area contributed by atoms with E-state index in [9.17, 15) is 4.79 Å². The first-order valence-corrected chi connectivity index (χ1v) is 17.6. The van der Waals surface area contributed by atoms with Gasteiger partial charge in [-0.25, -0.2) is 0 Å². The zero-order valence-corrected chi connectivity index (χ0v) is 24.0. The van der Waals surface area contributed by atoms with E-state index in [0.717, 1.165) is 55.4 Å². The van der Waals surface area contributed by atoms with Crippen LogP contribution in [0.15, 0.2) is 97.1 Å². The second kappa shape index (κ2) is 10.6. The summed E-state index contributed by atoms with van der Waals surface area (Å²) < 4.78 is 0. The van der Waals surface area contributed by atoms with Crippen molar-refractivity contribution in [1.82, 2.24) is 0 Å². The maximum absolute atomic E-state index is 12.2. The van der Waals surface area contributed by atoms with Gasteiger partial charge in [-0.1, -0.05) is 72.8 Å². The van der Waals surface area contributed by atoms with Gasteiger partial charge in [-0.05, 0) is 45.8 Å². The predicted molar refractivity (Wildman–Crippen MR) is 155 cm³/mol. The van der Waals surface area contributed by atoms with Gasteiger partial charge >= 0.3 is 36.3 Å². The van der Waals surface area contributed by atoms with Gasteiger partial charge in [0.1, 0.15) is 0 Å². The molecule has 1 heterocycles. The zero-order chi connectivity index (χ0) is 25.2. The van der Waals surface area contributed by atoms with Crippen LogP contribution in [0.25, 0.3) is 32.7 Å². The van der Waals surface area contributed by atoms with Crippen LogP contribution in [-0.2, 0) is 22.0 Å². The van der Waals surface area contributed by atoms with E-state index in [1.807, 2.05) is 42.3 Å². The minimum atomic E-state index is -0.0947. The van der Waals surface area contributed by atoms with Crippen LogP contribution in [-0.4, -0.2) is 13.0 Å². The predicted octanol–water partition coefficient (Wildman–Crippen LogP) is 8.09. The Balaban J connectivity index is 0.00000130. The molecule has 0 atom stereocenters. The van der Waals surface area contributed by atoms with Gasteiger partial charge in [-0.3, -0.25) is 4.79 Å². The molecule has 1 N–H and O–H groups in total. The van der Waals surface area contributed by atoms with E-state index in [0.29, 0.717) is 0 Å². The summed E-state index contributed by atoms with van der Waals surface area (Å²) in [4.78, 5) is 16.3. The summed E-state index contributed by atoms with van der Waals surface area (Å²) in [6.45, 7) is 5.05. The molecule has 6 heteroatoms. The Morgan fingerprint density at radius 1 is 0.722 bits per heavy atom. The number of fused-ring (bicyclic) bond motifs is 3. The molecular weight excluding hydrogens is 742 g/mol. The number of anilines is 4. The van der Waals surface area contributed by atoms with Crippen molar-refractivity contribution >= 4 is 69.2 Å². The fraction of sp³-hybridized carbons (Fsp3) is 0.0667. The Labute approximate surface area is 233 Å². The number of rotatable bonds is 3. The van der Waals surface area contributed by atoms with Gasteiger partial charge in [-0.2, -0.15) is 0 Å². The Kier molecular flexibility index (Phi) is 7.34. The molecule has 4 nitrogen and oxygen atoms in total. The molecule has 0 saturated carbocycles. The fourth-order valence-corrected chi connectivity index (χ4v) is 4.92. The third-order valence-corrected chi connectivity index (χ3v) is 6.37. The molecule has 1 aliphatic rings. The van der Waals surface area contributed by atoms with Gasteiger partial charge < -0.3 is 15.1 Å². The SMILES string of the molecule is CC(=O)Nc1ccc2ccccc2c1-c1c(N2[C]N(C)c3ccccc32)ccc2ccccc12.[I][Au]. The van der Waals surface area contributed by atoms with Crippen LogP contribution in [0.5, 0.6) is 0 Å². The Bertz CT molecular complexity index is 1590. The number of hydrogen-bond acceptors (Lipinski definition) is 3. The summed E-state index contributed by atoms with van der Waals surface area (Å²) in [5.74, 6) is -0.0947. The number of amides is 1. The van der Waals surface area contributed by atoms with E-state index in [1.165, 1.54) is 0 Å². The van der Waals surface area contributed by atoms with Gasteiger partial charge in [0, 0.05) is 30.8 Å². The number of halogens is 1. The van der Waals surface area contributed by atoms with Gasteiger partial charge in [0.05, 0.1) is 17.1 Å². The van der Waals surface area contributed by atoms with E-state index in [1.54, 1.807) is 6.92 Å². The van der Waals surface area contributed by atoms with Gasteiger partial charge in [0.25, 0.3) is 0 Å². The molecule has 1 aliphatic heterocycles. The van der Waals surface area contributed by atoms with Crippen molar-refractivity contribution < 1.29 is 22.0 Å². The number of carbonyl (C=O) groups excluding carboxylic acids is 1. The third-order valence-electron chi connectivity index (χ3n) is 6.37. The van der Waals surface area contributed by atoms with E-state index in [2.05, 4.69) is 120 Å². The van der Waals surface area contributed by atoms with Crippen molar-refractivity contribution in [3.05, 3.63) is 104 Å². The molecule has 5 aromatic carbocycles. The van der Waals surface area contributed by atoms with Crippen LogP contribution in [0.4, 0.5) is 22.7 Å². The van der Waals surface area contributed by atoms with Crippen LogP contribution in [0.3, 0.4) is 0 Å². The van der Waals surface area contributed by atoms with Gasteiger partial charge in [-0.15, -0.1) is 0 Å². The van der Waals surface area contributed by atoms with Crippen LogP contribution < -0.4 is 15.1 Å². The molecule has 0 aliphatic carbocycles.